The molecule has 3 nitrogen and oxygen atoms in total. The van der Waals surface area contributed by atoms with E-state index in [9.17, 15) is 10.1 Å². The van der Waals surface area contributed by atoms with Crippen LogP contribution in [0.15, 0.2) is 24.3 Å². The van der Waals surface area contributed by atoms with Gasteiger partial charge in [0, 0.05) is 11.5 Å². The number of hydrogen-bond donors (Lipinski definition) is 0. The van der Waals surface area contributed by atoms with Crippen LogP contribution >= 0.6 is 0 Å². The van der Waals surface area contributed by atoms with E-state index >= 15 is 0 Å². The van der Waals surface area contributed by atoms with E-state index in [4.69, 9.17) is 4.74 Å². The van der Waals surface area contributed by atoms with Gasteiger partial charge in [0.2, 0.25) is 0 Å². The van der Waals surface area contributed by atoms with Crippen LogP contribution in [0.1, 0.15) is 37.2 Å². The Morgan fingerprint density at radius 2 is 2.15 bits per heavy atom. The second-order valence-electron chi connectivity index (χ2n) is 5.99. The van der Waals surface area contributed by atoms with Crippen molar-refractivity contribution in [3.63, 3.8) is 0 Å². The Morgan fingerprint density at radius 3 is 2.75 bits per heavy atom. The molecular formula is C17H19NO2. The van der Waals surface area contributed by atoms with E-state index in [0.717, 1.165) is 12.8 Å². The number of ether oxygens (including phenoxy) is 1. The highest BCUT2D eigenvalue weighted by molar-refractivity contribution is 5.91. The highest BCUT2D eigenvalue weighted by atomic mass is 16.5. The molecule has 4 atom stereocenters. The standard InChI is InChI=1S/C17H19NO2/c1-20-16-5-3-2-4-13(16)15(10-18)17(19)14-9-11-6-7-12(14)8-11/h2-5,11-12,14-15H,6-9H2,1H3. The molecule has 0 aromatic heterocycles. The van der Waals surface area contributed by atoms with Gasteiger partial charge in [-0.25, -0.2) is 0 Å². The van der Waals surface area contributed by atoms with Crippen molar-refractivity contribution in [1.29, 1.82) is 5.26 Å². The first-order valence-electron chi connectivity index (χ1n) is 7.30. The summed E-state index contributed by atoms with van der Waals surface area (Å²) in [6, 6.07) is 9.56. The summed E-state index contributed by atoms with van der Waals surface area (Å²) >= 11 is 0. The first kappa shape index (κ1) is 13.2. The molecule has 0 heterocycles. The molecular weight excluding hydrogens is 250 g/mol. The van der Waals surface area contributed by atoms with Gasteiger partial charge in [-0.15, -0.1) is 0 Å². The van der Waals surface area contributed by atoms with E-state index in [2.05, 4.69) is 6.07 Å². The predicted molar refractivity (Wildman–Crippen MR) is 75.3 cm³/mol. The summed E-state index contributed by atoms with van der Waals surface area (Å²) in [5.74, 6) is 1.36. The quantitative estimate of drug-likeness (QED) is 0.842. The van der Waals surface area contributed by atoms with E-state index in [1.54, 1.807) is 7.11 Å². The molecule has 0 saturated heterocycles. The van der Waals surface area contributed by atoms with Crippen molar-refractivity contribution in [2.75, 3.05) is 7.11 Å². The minimum Gasteiger partial charge on any atom is -0.496 e. The van der Waals surface area contributed by atoms with Gasteiger partial charge in [-0.05, 0) is 37.2 Å². The number of ketones is 1. The molecule has 2 aliphatic carbocycles. The summed E-state index contributed by atoms with van der Waals surface area (Å²) in [7, 11) is 1.58. The Labute approximate surface area is 119 Å². The first-order valence-corrected chi connectivity index (χ1v) is 7.30. The van der Waals surface area contributed by atoms with E-state index in [1.165, 1.54) is 12.8 Å². The molecule has 0 N–H and O–H groups in total. The third kappa shape index (κ3) is 2.10. The van der Waals surface area contributed by atoms with Gasteiger partial charge in [0.1, 0.15) is 11.7 Å². The molecule has 20 heavy (non-hydrogen) atoms. The molecule has 0 aliphatic heterocycles. The molecule has 3 rings (SSSR count). The van der Waals surface area contributed by atoms with E-state index in [1.807, 2.05) is 24.3 Å². The summed E-state index contributed by atoms with van der Waals surface area (Å²) in [5, 5.41) is 9.47. The Balaban J connectivity index is 1.87. The van der Waals surface area contributed by atoms with Crippen LogP contribution in [0.4, 0.5) is 0 Å². The van der Waals surface area contributed by atoms with Crippen LogP contribution in [-0.2, 0) is 4.79 Å². The minimum atomic E-state index is -0.685. The largest absolute Gasteiger partial charge is 0.496 e. The van der Waals surface area contributed by atoms with Crippen LogP contribution in [0.3, 0.4) is 0 Å². The number of Topliss-reactive ketones (excluding diaryl/α,β-unsaturated/α-hetero) is 1. The zero-order valence-corrected chi connectivity index (χ0v) is 11.7. The zero-order valence-electron chi connectivity index (χ0n) is 11.7. The highest BCUT2D eigenvalue weighted by Gasteiger charge is 2.45. The molecule has 1 aromatic carbocycles. The molecule has 104 valence electrons. The number of para-hydroxylation sites is 1. The molecule has 0 radical (unpaired) electrons. The maximum Gasteiger partial charge on any atom is 0.157 e. The van der Waals surface area contributed by atoms with E-state index in [0.29, 0.717) is 23.1 Å². The van der Waals surface area contributed by atoms with Gasteiger partial charge >= 0.3 is 0 Å². The molecule has 0 spiro atoms. The first-order chi connectivity index (χ1) is 9.74. The molecule has 2 fully saturated rings. The maximum atomic E-state index is 12.8. The maximum absolute atomic E-state index is 12.8. The van der Waals surface area contributed by atoms with Gasteiger partial charge < -0.3 is 4.74 Å². The number of hydrogen-bond acceptors (Lipinski definition) is 3. The van der Waals surface area contributed by atoms with Gasteiger partial charge in [-0.1, -0.05) is 24.6 Å². The van der Waals surface area contributed by atoms with Gasteiger partial charge in [0.05, 0.1) is 13.2 Å². The van der Waals surface area contributed by atoms with Crippen molar-refractivity contribution in [2.24, 2.45) is 17.8 Å². The van der Waals surface area contributed by atoms with Gasteiger partial charge in [-0.2, -0.15) is 5.26 Å². The fourth-order valence-corrected chi connectivity index (χ4v) is 4.00. The third-order valence-electron chi connectivity index (χ3n) is 4.97. The fraction of sp³-hybridized carbons (Fsp3) is 0.529. The molecule has 2 bridgehead atoms. The Kier molecular flexibility index (Phi) is 3.48. The monoisotopic (exact) mass is 269 g/mol. The lowest BCUT2D eigenvalue weighted by Crippen LogP contribution is -2.26. The predicted octanol–water partition coefficient (Wildman–Crippen LogP) is 3.31. The minimum absolute atomic E-state index is 0.0864. The number of benzene rings is 1. The second-order valence-corrected chi connectivity index (χ2v) is 5.99. The summed E-state index contributed by atoms with van der Waals surface area (Å²) in [4.78, 5) is 12.8. The smallest absolute Gasteiger partial charge is 0.157 e. The number of nitriles is 1. The summed E-state index contributed by atoms with van der Waals surface area (Å²) in [5.41, 5.74) is 0.713. The van der Waals surface area contributed by atoms with Crippen LogP contribution < -0.4 is 4.74 Å². The fourth-order valence-electron chi connectivity index (χ4n) is 4.00. The Hall–Kier alpha value is -1.82. The number of carbonyl (C=O) groups excluding carboxylic acids is 1. The normalized spacial score (nSPS) is 28.9. The molecule has 4 unspecified atom stereocenters. The number of fused-ring (bicyclic) bond motifs is 2. The number of nitrogens with zero attached hydrogens (tertiary/aromatic N) is 1. The Morgan fingerprint density at radius 1 is 1.35 bits per heavy atom. The lowest BCUT2D eigenvalue weighted by Gasteiger charge is -2.23. The number of methoxy groups -OCH3 is 1. The van der Waals surface area contributed by atoms with Crippen LogP contribution in [0.25, 0.3) is 0 Å². The van der Waals surface area contributed by atoms with E-state index < -0.39 is 5.92 Å². The van der Waals surface area contributed by atoms with Crippen molar-refractivity contribution in [3.8, 4) is 11.8 Å². The van der Waals surface area contributed by atoms with Crippen LogP contribution in [-0.4, -0.2) is 12.9 Å². The number of rotatable bonds is 4. The summed E-state index contributed by atoms with van der Waals surface area (Å²) < 4.78 is 5.30. The SMILES string of the molecule is COc1ccccc1C(C#N)C(=O)C1CC2CCC1C2. The molecule has 1 aromatic rings. The van der Waals surface area contributed by atoms with Crippen LogP contribution in [0.2, 0.25) is 0 Å². The summed E-state index contributed by atoms with van der Waals surface area (Å²) in [6.45, 7) is 0. The average molecular weight is 269 g/mol. The van der Waals surface area contributed by atoms with Crippen molar-refractivity contribution in [1.82, 2.24) is 0 Å². The molecule has 2 aliphatic rings. The van der Waals surface area contributed by atoms with Crippen molar-refractivity contribution >= 4 is 5.78 Å². The van der Waals surface area contributed by atoms with Crippen molar-refractivity contribution in [3.05, 3.63) is 29.8 Å². The lowest BCUT2D eigenvalue weighted by molar-refractivity contribution is -0.124. The third-order valence-corrected chi connectivity index (χ3v) is 4.97. The number of carbonyl (C=O) groups is 1. The van der Waals surface area contributed by atoms with Crippen LogP contribution in [0, 0.1) is 29.1 Å². The van der Waals surface area contributed by atoms with Gasteiger partial charge in [0.15, 0.2) is 5.78 Å². The van der Waals surface area contributed by atoms with E-state index in [-0.39, 0.29) is 11.7 Å². The molecule has 0 amide bonds. The van der Waals surface area contributed by atoms with Gasteiger partial charge in [-0.3, -0.25) is 4.79 Å². The Bertz CT molecular complexity index is 560. The van der Waals surface area contributed by atoms with Crippen molar-refractivity contribution < 1.29 is 9.53 Å². The second kappa shape index (κ2) is 5.28. The highest BCUT2D eigenvalue weighted by Crippen LogP contribution is 2.50. The topological polar surface area (TPSA) is 50.1 Å². The zero-order chi connectivity index (χ0) is 14.1. The van der Waals surface area contributed by atoms with Crippen molar-refractivity contribution in [2.45, 2.75) is 31.6 Å². The lowest BCUT2D eigenvalue weighted by atomic mass is 9.79. The molecule has 3 heteroatoms. The molecule has 2 saturated carbocycles. The van der Waals surface area contributed by atoms with Gasteiger partial charge in [0.25, 0.3) is 0 Å². The average Bonchev–Trinajstić information content (AvgIpc) is 3.11. The summed E-state index contributed by atoms with van der Waals surface area (Å²) in [6.07, 6.45) is 4.59. The van der Waals surface area contributed by atoms with Crippen LogP contribution in [0.5, 0.6) is 5.75 Å².